The molecular formula is C5H8Se. The standard InChI is InChI=1S/C5H8Se/c1-5-2-3-6-4-5/h4H,2-3H2,1H3. The second kappa shape index (κ2) is 1.81. The van der Waals surface area contributed by atoms with Crippen molar-refractivity contribution in [1.82, 2.24) is 0 Å². The van der Waals surface area contributed by atoms with Crippen LogP contribution in [0.15, 0.2) is 10.5 Å². The van der Waals surface area contributed by atoms with Gasteiger partial charge in [-0.05, 0) is 0 Å². The minimum absolute atomic E-state index is 0.879. The van der Waals surface area contributed by atoms with Gasteiger partial charge in [0.2, 0.25) is 0 Å². The van der Waals surface area contributed by atoms with Crippen LogP contribution in [0.3, 0.4) is 0 Å². The second-order valence-corrected chi connectivity index (χ2v) is 3.64. The van der Waals surface area contributed by atoms with Crippen molar-refractivity contribution >= 4 is 15.0 Å². The molecule has 1 aliphatic rings. The Bertz CT molecular complexity index is 74.0. The zero-order chi connectivity index (χ0) is 4.41. The Morgan fingerprint density at radius 2 is 2.67 bits per heavy atom. The number of rotatable bonds is 0. The van der Waals surface area contributed by atoms with Gasteiger partial charge in [-0.2, -0.15) is 0 Å². The fourth-order valence-electron chi connectivity index (χ4n) is 0.480. The van der Waals surface area contributed by atoms with Crippen LogP contribution in [-0.2, 0) is 0 Å². The normalized spacial score (nSPS) is 21.2. The van der Waals surface area contributed by atoms with E-state index in [0.29, 0.717) is 0 Å². The van der Waals surface area contributed by atoms with Gasteiger partial charge in [-0.15, -0.1) is 0 Å². The van der Waals surface area contributed by atoms with Crippen molar-refractivity contribution in [3.05, 3.63) is 10.5 Å². The van der Waals surface area contributed by atoms with Crippen LogP contribution in [-0.4, -0.2) is 15.0 Å². The van der Waals surface area contributed by atoms with Crippen LogP contribution in [0.5, 0.6) is 0 Å². The van der Waals surface area contributed by atoms with Gasteiger partial charge in [0, 0.05) is 0 Å². The molecule has 0 aromatic heterocycles. The first-order valence-electron chi connectivity index (χ1n) is 2.17. The number of allylic oxidation sites excluding steroid dienone is 1. The topological polar surface area (TPSA) is 0 Å². The predicted octanol–water partition coefficient (Wildman–Crippen LogP) is 1.42. The van der Waals surface area contributed by atoms with Crippen molar-refractivity contribution in [2.24, 2.45) is 0 Å². The predicted molar refractivity (Wildman–Crippen MR) is 28.9 cm³/mol. The summed E-state index contributed by atoms with van der Waals surface area (Å²) in [7, 11) is 0. The van der Waals surface area contributed by atoms with E-state index in [2.05, 4.69) is 11.9 Å². The van der Waals surface area contributed by atoms with Gasteiger partial charge in [-0.25, -0.2) is 0 Å². The van der Waals surface area contributed by atoms with E-state index >= 15 is 0 Å². The Balaban J connectivity index is 2.45. The Morgan fingerprint density at radius 3 is 2.83 bits per heavy atom. The third-order valence-corrected chi connectivity index (χ3v) is 3.02. The maximum absolute atomic E-state index is 2.38. The van der Waals surface area contributed by atoms with E-state index in [1.165, 1.54) is 11.7 Å². The Kier molecular flexibility index (Phi) is 1.33. The van der Waals surface area contributed by atoms with Gasteiger partial charge in [-0.3, -0.25) is 0 Å². The van der Waals surface area contributed by atoms with Crippen LogP contribution in [0.4, 0.5) is 0 Å². The van der Waals surface area contributed by atoms with E-state index in [9.17, 15) is 0 Å². The van der Waals surface area contributed by atoms with E-state index < -0.39 is 0 Å². The SMILES string of the molecule is CC1=C[Se]CC1. The molecule has 0 N–H and O–H groups in total. The van der Waals surface area contributed by atoms with E-state index in [-0.39, 0.29) is 0 Å². The van der Waals surface area contributed by atoms with Crippen molar-refractivity contribution in [1.29, 1.82) is 0 Å². The van der Waals surface area contributed by atoms with Gasteiger partial charge in [-0.1, -0.05) is 0 Å². The second-order valence-electron chi connectivity index (χ2n) is 1.58. The third kappa shape index (κ3) is 0.859. The molecule has 0 spiro atoms. The summed E-state index contributed by atoms with van der Waals surface area (Å²) in [6, 6.07) is 0. The third-order valence-electron chi connectivity index (χ3n) is 0.899. The average Bonchev–Trinajstić information content (AvgIpc) is 1.86. The van der Waals surface area contributed by atoms with Crippen LogP contribution in [0.25, 0.3) is 0 Å². The minimum atomic E-state index is 0.879. The summed E-state index contributed by atoms with van der Waals surface area (Å²) in [6.45, 7) is 2.22. The summed E-state index contributed by atoms with van der Waals surface area (Å²) in [5, 5.41) is 1.46. The molecule has 0 bridgehead atoms. The average molecular weight is 147 g/mol. The molecule has 0 nitrogen and oxygen atoms in total. The number of hydrogen-bond donors (Lipinski definition) is 0. The molecule has 1 rings (SSSR count). The summed E-state index contributed by atoms with van der Waals surface area (Å²) in [5.74, 6) is 0. The molecule has 34 valence electrons. The van der Waals surface area contributed by atoms with E-state index in [1.54, 1.807) is 5.57 Å². The first kappa shape index (κ1) is 4.42. The first-order valence-corrected chi connectivity index (χ1v) is 4.37. The molecule has 0 atom stereocenters. The van der Waals surface area contributed by atoms with E-state index in [0.717, 1.165) is 15.0 Å². The van der Waals surface area contributed by atoms with E-state index in [4.69, 9.17) is 0 Å². The van der Waals surface area contributed by atoms with Gasteiger partial charge in [0.1, 0.15) is 0 Å². The molecule has 6 heavy (non-hydrogen) atoms. The van der Waals surface area contributed by atoms with Crippen LogP contribution >= 0.6 is 0 Å². The molecule has 0 radical (unpaired) electrons. The Morgan fingerprint density at radius 1 is 1.83 bits per heavy atom. The van der Waals surface area contributed by atoms with Crippen molar-refractivity contribution in [2.75, 3.05) is 0 Å². The van der Waals surface area contributed by atoms with Crippen LogP contribution in [0.1, 0.15) is 13.3 Å². The summed E-state index contributed by atoms with van der Waals surface area (Å²) in [6.07, 6.45) is 1.38. The monoisotopic (exact) mass is 148 g/mol. The molecule has 0 amide bonds. The summed E-state index contributed by atoms with van der Waals surface area (Å²) in [5.41, 5.74) is 1.61. The molecule has 1 heteroatoms. The van der Waals surface area contributed by atoms with Crippen LogP contribution < -0.4 is 0 Å². The zero-order valence-electron chi connectivity index (χ0n) is 3.90. The van der Waals surface area contributed by atoms with Gasteiger partial charge >= 0.3 is 44.2 Å². The molecule has 0 aromatic rings. The van der Waals surface area contributed by atoms with E-state index in [1.807, 2.05) is 0 Å². The molecule has 0 fully saturated rings. The van der Waals surface area contributed by atoms with Gasteiger partial charge < -0.3 is 0 Å². The Labute approximate surface area is 44.8 Å². The zero-order valence-corrected chi connectivity index (χ0v) is 5.61. The van der Waals surface area contributed by atoms with Crippen LogP contribution in [0.2, 0.25) is 5.32 Å². The molecule has 0 saturated heterocycles. The maximum atomic E-state index is 2.38. The molecular weight excluding hydrogens is 139 g/mol. The number of hydrogen-bond acceptors (Lipinski definition) is 0. The van der Waals surface area contributed by atoms with Crippen LogP contribution in [0, 0.1) is 0 Å². The fraction of sp³-hybridized carbons (Fsp3) is 0.600. The molecule has 1 heterocycles. The van der Waals surface area contributed by atoms with Gasteiger partial charge in [0.15, 0.2) is 0 Å². The first-order chi connectivity index (χ1) is 2.89. The Hall–Kier alpha value is 0.259. The molecule has 0 aromatic carbocycles. The van der Waals surface area contributed by atoms with Gasteiger partial charge in [0.05, 0.1) is 0 Å². The van der Waals surface area contributed by atoms with Crippen molar-refractivity contribution < 1.29 is 0 Å². The summed E-state index contributed by atoms with van der Waals surface area (Å²) >= 11 is 0.879. The fourth-order valence-corrected chi connectivity index (χ4v) is 2.49. The molecule has 0 unspecified atom stereocenters. The summed E-state index contributed by atoms with van der Waals surface area (Å²) in [4.78, 5) is 2.38. The van der Waals surface area contributed by atoms with Crippen molar-refractivity contribution in [3.8, 4) is 0 Å². The van der Waals surface area contributed by atoms with Gasteiger partial charge in [0.25, 0.3) is 0 Å². The molecule has 1 aliphatic heterocycles. The molecule has 0 aliphatic carbocycles. The quantitative estimate of drug-likeness (QED) is 0.454. The van der Waals surface area contributed by atoms with Crippen molar-refractivity contribution in [2.45, 2.75) is 18.7 Å². The molecule has 0 saturated carbocycles. The summed E-state index contributed by atoms with van der Waals surface area (Å²) < 4.78 is 0. The van der Waals surface area contributed by atoms with Crippen molar-refractivity contribution in [3.63, 3.8) is 0 Å².